The summed E-state index contributed by atoms with van der Waals surface area (Å²) in [6.45, 7) is 2.66. The molecule has 1 amide bonds. The minimum atomic E-state index is -0.391. The zero-order valence-electron chi connectivity index (χ0n) is 12.5. The maximum atomic E-state index is 11.6. The summed E-state index contributed by atoms with van der Waals surface area (Å²) in [6, 6.07) is 0.159. The number of likely N-dealkylation sites (tertiary alicyclic amines) is 1. The number of nitrogens with one attached hydrogen (secondary N) is 4. The molecule has 22 heavy (non-hydrogen) atoms. The largest absolute Gasteiger partial charge is 0.378 e. The van der Waals surface area contributed by atoms with Crippen LogP contribution in [0, 0.1) is 5.41 Å². The van der Waals surface area contributed by atoms with E-state index in [1.807, 2.05) is 6.20 Å². The Morgan fingerprint density at radius 3 is 3.14 bits per heavy atom. The summed E-state index contributed by atoms with van der Waals surface area (Å²) in [6.07, 6.45) is 6.62. The zero-order valence-corrected chi connectivity index (χ0v) is 13.3. The van der Waals surface area contributed by atoms with E-state index in [1.54, 1.807) is 6.33 Å². The molecule has 120 valence electrons. The van der Waals surface area contributed by atoms with Gasteiger partial charge < -0.3 is 21.0 Å². The molecule has 1 unspecified atom stereocenters. The monoisotopic (exact) mass is 324 g/mol. The lowest BCUT2D eigenvalue weighted by Gasteiger charge is -2.33. The molecular weight excluding hydrogens is 304 g/mol. The van der Waals surface area contributed by atoms with Crippen molar-refractivity contribution in [1.82, 2.24) is 25.5 Å². The number of amides is 1. The number of nitrogens with zero attached hydrogens (tertiary/aromatic N) is 2. The fraction of sp³-hybridized carbons (Fsp3) is 0.500. The van der Waals surface area contributed by atoms with Crippen molar-refractivity contribution in [3.05, 3.63) is 28.9 Å². The second-order valence-corrected chi connectivity index (χ2v) is 5.62. The number of likely N-dealkylation sites (N-methyl/N-ethyl adjacent to an activating group) is 1. The first-order chi connectivity index (χ1) is 10.6. The first-order valence-corrected chi connectivity index (χ1v) is 7.60. The first-order valence-electron chi connectivity index (χ1n) is 7.22. The fourth-order valence-corrected chi connectivity index (χ4v) is 2.75. The SMILES string of the molecule is CNC(=O)/C(Cl)=C(\C=N)NC1CCCN(Cc2cnc[nH]2)C1. The van der Waals surface area contributed by atoms with E-state index >= 15 is 0 Å². The number of hydrogen-bond acceptors (Lipinski definition) is 5. The Bertz CT molecular complexity index is 542. The van der Waals surface area contributed by atoms with Gasteiger partial charge in [-0.1, -0.05) is 11.6 Å². The van der Waals surface area contributed by atoms with Gasteiger partial charge in [-0.2, -0.15) is 0 Å². The van der Waals surface area contributed by atoms with E-state index in [1.165, 1.54) is 7.05 Å². The van der Waals surface area contributed by atoms with Crippen LogP contribution in [-0.4, -0.2) is 53.2 Å². The van der Waals surface area contributed by atoms with Gasteiger partial charge in [0.1, 0.15) is 5.03 Å². The summed E-state index contributed by atoms with van der Waals surface area (Å²) in [7, 11) is 1.51. The van der Waals surface area contributed by atoms with Crippen LogP contribution in [0.3, 0.4) is 0 Å². The van der Waals surface area contributed by atoms with E-state index in [-0.39, 0.29) is 11.1 Å². The molecule has 0 spiro atoms. The van der Waals surface area contributed by atoms with Crippen molar-refractivity contribution in [1.29, 1.82) is 5.41 Å². The second kappa shape index (κ2) is 7.95. The third-order valence-electron chi connectivity index (χ3n) is 3.62. The molecule has 1 aromatic heterocycles. The van der Waals surface area contributed by atoms with Gasteiger partial charge >= 0.3 is 0 Å². The Hall–Kier alpha value is -1.86. The van der Waals surface area contributed by atoms with Crippen LogP contribution in [0.5, 0.6) is 0 Å². The molecule has 1 aromatic rings. The van der Waals surface area contributed by atoms with Crippen molar-refractivity contribution in [2.45, 2.75) is 25.4 Å². The van der Waals surface area contributed by atoms with Gasteiger partial charge in [0.25, 0.3) is 5.91 Å². The minimum Gasteiger partial charge on any atom is -0.378 e. The lowest BCUT2D eigenvalue weighted by molar-refractivity contribution is -0.116. The predicted octanol–water partition coefficient (Wildman–Crippen LogP) is 0.810. The molecule has 0 saturated carbocycles. The Morgan fingerprint density at radius 1 is 1.68 bits per heavy atom. The van der Waals surface area contributed by atoms with Crippen LogP contribution in [0.2, 0.25) is 0 Å². The topological polar surface area (TPSA) is 96.9 Å². The molecule has 2 rings (SSSR count). The van der Waals surface area contributed by atoms with Crippen LogP contribution in [-0.2, 0) is 11.3 Å². The van der Waals surface area contributed by atoms with Crippen LogP contribution in [0.15, 0.2) is 23.3 Å². The number of imidazole rings is 1. The molecule has 1 saturated heterocycles. The van der Waals surface area contributed by atoms with E-state index in [0.29, 0.717) is 5.70 Å². The zero-order chi connectivity index (χ0) is 15.9. The van der Waals surface area contributed by atoms with Gasteiger partial charge in [0.05, 0.1) is 12.0 Å². The lowest BCUT2D eigenvalue weighted by Crippen LogP contribution is -2.45. The summed E-state index contributed by atoms with van der Waals surface area (Å²) >= 11 is 6.00. The molecule has 0 aliphatic carbocycles. The van der Waals surface area contributed by atoms with Crippen molar-refractivity contribution < 1.29 is 4.79 Å². The molecule has 2 heterocycles. The summed E-state index contributed by atoms with van der Waals surface area (Å²) in [4.78, 5) is 21.0. The number of halogens is 1. The van der Waals surface area contributed by atoms with Crippen LogP contribution in [0.25, 0.3) is 0 Å². The predicted molar refractivity (Wildman–Crippen MR) is 85.8 cm³/mol. The third kappa shape index (κ3) is 4.32. The number of aromatic amines is 1. The Balaban J connectivity index is 1.96. The number of hydrogen-bond donors (Lipinski definition) is 4. The molecule has 1 aliphatic heterocycles. The van der Waals surface area contributed by atoms with Gasteiger partial charge in [-0.05, 0) is 19.4 Å². The van der Waals surface area contributed by atoms with Gasteiger partial charge in [0.2, 0.25) is 0 Å². The number of piperidine rings is 1. The van der Waals surface area contributed by atoms with Crippen molar-refractivity contribution in [3.8, 4) is 0 Å². The first kappa shape index (κ1) is 16.5. The summed E-state index contributed by atoms with van der Waals surface area (Å²) in [5, 5.41) is 13.1. The highest BCUT2D eigenvalue weighted by molar-refractivity contribution is 6.43. The van der Waals surface area contributed by atoms with Crippen molar-refractivity contribution in [2.24, 2.45) is 0 Å². The Kier molecular flexibility index (Phi) is 5.97. The number of carbonyl (C=O) groups excluding carboxylic acids is 1. The van der Waals surface area contributed by atoms with Gasteiger partial charge in [-0.15, -0.1) is 0 Å². The van der Waals surface area contributed by atoms with Gasteiger partial charge in [0, 0.05) is 44.3 Å². The van der Waals surface area contributed by atoms with Gasteiger partial charge in [0.15, 0.2) is 0 Å². The van der Waals surface area contributed by atoms with E-state index in [0.717, 1.165) is 44.4 Å². The van der Waals surface area contributed by atoms with Crippen molar-refractivity contribution in [2.75, 3.05) is 20.1 Å². The van der Waals surface area contributed by atoms with Crippen LogP contribution in [0.1, 0.15) is 18.5 Å². The molecule has 1 aliphatic rings. The average Bonchev–Trinajstić information content (AvgIpc) is 3.04. The highest BCUT2D eigenvalue weighted by atomic mass is 35.5. The maximum absolute atomic E-state index is 11.6. The molecule has 7 nitrogen and oxygen atoms in total. The van der Waals surface area contributed by atoms with E-state index in [2.05, 4.69) is 25.5 Å². The van der Waals surface area contributed by atoms with Crippen LogP contribution < -0.4 is 10.6 Å². The summed E-state index contributed by atoms with van der Waals surface area (Å²) in [5.74, 6) is -0.391. The standard InChI is InChI=1S/C14H21ClN6O/c1-17-14(22)13(15)12(5-16)20-10-3-2-4-21(7-10)8-11-6-18-9-19-11/h5-6,9-10,16,20H,2-4,7-8H2,1H3,(H,17,22)(H,18,19)/b13-12-,16-5?. The highest BCUT2D eigenvalue weighted by Crippen LogP contribution is 2.15. The fourth-order valence-electron chi connectivity index (χ4n) is 2.55. The second-order valence-electron chi connectivity index (χ2n) is 5.25. The number of aromatic nitrogens is 2. The quantitative estimate of drug-likeness (QED) is 0.460. The van der Waals surface area contributed by atoms with Crippen molar-refractivity contribution in [3.63, 3.8) is 0 Å². The summed E-state index contributed by atoms with van der Waals surface area (Å²) in [5.41, 5.74) is 1.43. The van der Waals surface area contributed by atoms with E-state index < -0.39 is 5.91 Å². The number of H-pyrrole nitrogens is 1. The van der Waals surface area contributed by atoms with E-state index in [4.69, 9.17) is 17.0 Å². The molecule has 8 heteroatoms. The van der Waals surface area contributed by atoms with Crippen LogP contribution >= 0.6 is 11.6 Å². The van der Waals surface area contributed by atoms with Gasteiger partial charge in [-0.3, -0.25) is 9.69 Å². The van der Waals surface area contributed by atoms with Crippen LogP contribution in [0.4, 0.5) is 0 Å². The molecule has 4 N–H and O–H groups in total. The summed E-state index contributed by atoms with van der Waals surface area (Å²) < 4.78 is 0. The molecule has 0 radical (unpaired) electrons. The smallest absolute Gasteiger partial charge is 0.264 e. The average molecular weight is 325 g/mol. The Labute approximate surface area is 134 Å². The number of carbonyl (C=O) groups is 1. The highest BCUT2D eigenvalue weighted by Gasteiger charge is 2.22. The molecule has 0 bridgehead atoms. The third-order valence-corrected chi connectivity index (χ3v) is 4.00. The number of allylic oxidation sites excluding steroid dienone is 1. The van der Waals surface area contributed by atoms with Crippen molar-refractivity contribution >= 4 is 23.7 Å². The normalized spacial score (nSPS) is 20.2. The molecule has 1 atom stereocenters. The molecular formula is C14H21ClN6O. The maximum Gasteiger partial charge on any atom is 0.264 e. The molecule has 0 aromatic carbocycles. The Morgan fingerprint density at radius 2 is 2.50 bits per heavy atom. The van der Waals surface area contributed by atoms with E-state index in [9.17, 15) is 4.79 Å². The lowest BCUT2D eigenvalue weighted by atomic mass is 10.1. The minimum absolute atomic E-state index is 0.0168. The number of rotatable bonds is 6. The van der Waals surface area contributed by atoms with Gasteiger partial charge in [-0.25, -0.2) is 4.98 Å². The molecule has 1 fully saturated rings.